The van der Waals surface area contributed by atoms with Gasteiger partial charge in [0, 0.05) is 88.4 Å². The molecule has 0 radical (unpaired) electrons. The second-order valence-electron chi connectivity index (χ2n) is 37.2. The first-order chi connectivity index (χ1) is 54.8. The molecular formula is C108H94N4. The summed E-state index contributed by atoms with van der Waals surface area (Å²) in [7, 11) is 0. The average molecular weight is 1450 g/mol. The number of hydrogen-bond acceptors (Lipinski definition) is 2. The van der Waals surface area contributed by atoms with Crippen LogP contribution >= 0.6 is 0 Å². The van der Waals surface area contributed by atoms with Crippen LogP contribution in [0.15, 0.2) is 309 Å². The van der Waals surface area contributed by atoms with Crippen molar-refractivity contribution in [2.45, 2.75) is 132 Å². The fourth-order valence-electron chi connectivity index (χ4n) is 27.4. The Hall–Kier alpha value is -11.2. The molecule has 4 nitrogen and oxygen atoms in total. The molecule has 2 heterocycles. The molecule has 0 amide bonds. The van der Waals surface area contributed by atoms with Crippen molar-refractivity contribution < 1.29 is 0 Å². The average Bonchev–Trinajstić information content (AvgIpc) is 1.55. The molecule has 24 rings (SSSR count). The maximum atomic E-state index is 2.71. The predicted molar refractivity (Wildman–Crippen MR) is 466 cm³/mol. The van der Waals surface area contributed by atoms with Crippen LogP contribution in [0.25, 0.3) is 76.5 Å². The van der Waals surface area contributed by atoms with Crippen LogP contribution in [0.4, 0.5) is 34.1 Å². The number of nitrogens with zero attached hydrogens (tertiary/aromatic N) is 4. The lowest BCUT2D eigenvalue weighted by atomic mass is 9.48. The van der Waals surface area contributed by atoms with Gasteiger partial charge in [0.05, 0.1) is 27.8 Å². The highest BCUT2D eigenvalue weighted by molar-refractivity contribution is 6.11. The maximum Gasteiger partial charge on any atom is 0.0541 e. The van der Waals surface area contributed by atoms with Gasteiger partial charge in [-0.05, 0) is 292 Å². The van der Waals surface area contributed by atoms with E-state index in [1.165, 1.54) is 160 Å². The minimum atomic E-state index is -0.273. The van der Waals surface area contributed by atoms with Gasteiger partial charge in [0.2, 0.25) is 0 Å². The molecule has 2 aromatic heterocycles. The third-order valence-corrected chi connectivity index (χ3v) is 31.2. The SMILES string of the molecule is CC1C[C@@H]2CC3C[C@H](C1)C21c2ccc(N(c4ccc(-n5c6ccccc6c6ccccc65)cc4)c4cccc5c(C6(C)C[C@H]7CC8C[C@@H](C6)C76c7ccc(N(c9ccc(-n%10c%11ccccc%11c%11ccccc%11%10)cc9)c9ccc%10ccccc%10c9)cc7C(C)(C)c7ccccc7C86)cccc45)cc2C(C)(C)c2ccccc2C31. The highest BCUT2D eigenvalue weighted by atomic mass is 15.2. The quantitative estimate of drug-likeness (QED) is 0.143. The van der Waals surface area contributed by atoms with Crippen molar-refractivity contribution >= 4 is 99.3 Å². The van der Waals surface area contributed by atoms with Gasteiger partial charge >= 0.3 is 0 Å². The molecule has 112 heavy (non-hydrogen) atoms. The number of fused-ring (bicyclic) bond motifs is 12. The molecule has 0 N–H and O–H groups in total. The zero-order valence-corrected chi connectivity index (χ0v) is 65.1. The zero-order chi connectivity index (χ0) is 74.5. The Morgan fingerprint density at radius 2 is 0.670 bits per heavy atom. The topological polar surface area (TPSA) is 16.3 Å². The van der Waals surface area contributed by atoms with Crippen LogP contribution in [-0.4, -0.2) is 9.13 Å². The first-order valence-electron chi connectivity index (χ1n) is 42.0. The second kappa shape index (κ2) is 23.5. The molecule has 8 aliphatic rings. The minimum Gasteiger partial charge on any atom is -0.310 e. The van der Waals surface area contributed by atoms with E-state index in [-0.39, 0.29) is 27.1 Å². The van der Waals surface area contributed by atoms with E-state index >= 15 is 0 Å². The fourth-order valence-corrected chi connectivity index (χ4v) is 27.4. The van der Waals surface area contributed by atoms with E-state index in [1.54, 1.807) is 22.3 Å². The van der Waals surface area contributed by atoms with Gasteiger partial charge in [-0.1, -0.05) is 236 Å². The summed E-state index contributed by atoms with van der Waals surface area (Å²) in [5.74, 6) is 5.54. The van der Waals surface area contributed by atoms with E-state index in [1.807, 2.05) is 0 Å². The van der Waals surface area contributed by atoms with Crippen LogP contribution in [0.2, 0.25) is 0 Å². The number of anilines is 6. The van der Waals surface area contributed by atoms with Crippen molar-refractivity contribution in [1.82, 2.24) is 9.13 Å². The van der Waals surface area contributed by atoms with Crippen LogP contribution < -0.4 is 9.80 Å². The van der Waals surface area contributed by atoms with Gasteiger partial charge in [0.1, 0.15) is 0 Å². The summed E-state index contributed by atoms with van der Waals surface area (Å²) in [4.78, 5) is 5.23. The first-order valence-corrected chi connectivity index (χ1v) is 42.0. The molecule has 6 fully saturated rings. The van der Waals surface area contributed by atoms with E-state index in [4.69, 9.17) is 0 Å². The summed E-state index contributed by atoms with van der Waals surface area (Å²) in [6.45, 7) is 15.5. The number of para-hydroxylation sites is 4. The van der Waals surface area contributed by atoms with Crippen LogP contribution in [0.5, 0.6) is 0 Å². The van der Waals surface area contributed by atoms with Crippen molar-refractivity contribution in [3.05, 3.63) is 359 Å². The molecule has 6 saturated carbocycles. The van der Waals surface area contributed by atoms with Crippen LogP contribution in [0, 0.1) is 41.4 Å². The zero-order valence-electron chi connectivity index (χ0n) is 65.1. The van der Waals surface area contributed by atoms with E-state index in [0.717, 1.165) is 41.7 Å². The van der Waals surface area contributed by atoms with Gasteiger partial charge in [-0.3, -0.25) is 0 Å². The highest BCUT2D eigenvalue weighted by Crippen LogP contribution is 2.78. The third-order valence-electron chi connectivity index (χ3n) is 31.2. The molecular weight excluding hydrogens is 1350 g/mol. The van der Waals surface area contributed by atoms with Crippen LogP contribution in [-0.2, 0) is 27.1 Å². The lowest BCUT2D eigenvalue weighted by molar-refractivity contribution is 0.0628. The van der Waals surface area contributed by atoms with Gasteiger partial charge in [-0.25, -0.2) is 0 Å². The Morgan fingerprint density at radius 3 is 1.20 bits per heavy atom. The van der Waals surface area contributed by atoms with Crippen molar-refractivity contribution in [3.63, 3.8) is 0 Å². The minimum absolute atomic E-state index is 0.0222. The smallest absolute Gasteiger partial charge is 0.0541 e. The van der Waals surface area contributed by atoms with E-state index < -0.39 is 0 Å². The molecule has 4 bridgehead atoms. The summed E-state index contributed by atoms with van der Waals surface area (Å²) in [5.41, 5.74) is 28.0. The van der Waals surface area contributed by atoms with Crippen molar-refractivity contribution in [3.8, 4) is 11.4 Å². The summed E-state index contributed by atoms with van der Waals surface area (Å²) in [6.07, 6.45) is 10.2. The lowest BCUT2D eigenvalue weighted by Crippen LogP contribution is -2.50. The Bertz CT molecular complexity index is 6480. The molecule has 2 spiro atoms. The molecule has 0 saturated heterocycles. The van der Waals surface area contributed by atoms with E-state index in [9.17, 15) is 0 Å². The van der Waals surface area contributed by atoms with Gasteiger partial charge in [-0.2, -0.15) is 0 Å². The Balaban J connectivity index is 0.647. The Kier molecular flexibility index (Phi) is 13.7. The maximum absolute atomic E-state index is 2.71. The Morgan fingerprint density at radius 1 is 0.286 bits per heavy atom. The summed E-state index contributed by atoms with van der Waals surface area (Å²) in [5, 5.41) is 10.3. The van der Waals surface area contributed by atoms with Gasteiger partial charge in [0.15, 0.2) is 0 Å². The molecule has 8 unspecified atom stereocenters. The van der Waals surface area contributed by atoms with Gasteiger partial charge in [-0.15, -0.1) is 0 Å². The number of hydrogen-bond donors (Lipinski definition) is 0. The lowest BCUT2D eigenvalue weighted by Gasteiger charge is -2.55. The Labute approximate surface area is 658 Å². The molecule has 4 heteroatoms. The van der Waals surface area contributed by atoms with Crippen LogP contribution in [0.1, 0.15) is 155 Å². The van der Waals surface area contributed by atoms with Crippen molar-refractivity contribution in [1.29, 1.82) is 0 Å². The standard InChI is InChI=1S/C108H94N4/c1-66-55-71-57-69-58-72(56-66)107(71)93-54-52-81(63-96(93)105(4,5)90-33-15-9-29-88(90)102(69)107)110(76-45-49-78(50-46-76)112-100-38-19-13-27-86(100)87-28-14-20-39-101(87)112)97-40-22-31-82-83(97)32-21-35-92(82)106(6)64-73-59-70-60-74(65-106)108(73)94-53-51-80(62-95(94)104(2,3)91-34-16-10-30-89(91)103(70)108)109(79-42-41-67-23-7-8-24-68(67)61-79)75-43-47-77(48-44-75)111-98-36-17-11-25-84(98)85-26-12-18-37-99(85)111/h7-54,61-63,66,69-74,102-103H,55-60,64-65H2,1-6H3/t66?,69?,70?,71-,72+,73-,74+,102?,103?,106?,107?,108?. The van der Waals surface area contributed by atoms with E-state index in [2.05, 4.69) is 370 Å². The number of aromatic nitrogens is 2. The van der Waals surface area contributed by atoms with Crippen LogP contribution in [0.3, 0.4) is 0 Å². The summed E-state index contributed by atoms with van der Waals surface area (Å²) >= 11 is 0. The molecule has 16 aromatic rings. The summed E-state index contributed by atoms with van der Waals surface area (Å²) in [6, 6.07) is 121. The monoisotopic (exact) mass is 1450 g/mol. The third kappa shape index (κ3) is 8.74. The second-order valence-corrected chi connectivity index (χ2v) is 37.2. The largest absolute Gasteiger partial charge is 0.310 e. The number of rotatable bonds is 9. The van der Waals surface area contributed by atoms with E-state index in [0.29, 0.717) is 41.4 Å². The molecule has 12 atom stereocenters. The van der Waals surface area contributed by atoms with Gasteiger partial charge < -0.3 is 18.9 Å². The molecule has 0 aliphatic heterocycles. The molecule has 8 aliphatic carbocycles. The number of benzene rings is 14. The van der Waals surface area contributed by atoms with Gasteiger partial charge in [0.25, 0.3) is 0 Å². The van der Waals surface area contributed by atoms with Crippen molar-refractivity contribution in [2.24, 2.45) is 41.4 Å². The summed E-state index contributed by atoms with van der Waals surface area (Å²) < 4.78 is 4.91. The first kappa shape index (κ1) is 65.5. The predicted octanol–water partition coefficient (Wildman–Crippen LogP) is 27.9. The highest BCUT2D eigenvalue weighted by Gasteiger charge is 2.72. The molecule has 546 valence electrons. The fraction of sp³-hybridized carbons (Fsp3) is 0.259. The normalized spacial score (nSPS) is 26.4. The molecule has 14 aromatic carbocycles. The van der Waals surface area contributed by atoms with Crippen molar-refractivity contribution in [2.75, 3.05) is 9.80 Å².